The minimum Gasteiger partial charge on any atom is -0.377 e. The van der Waals surface area contributed by atoms with E-state index in [0.29, 0.717) is 30.7 Å². The number of amides is 1. The van der Waals surface area contributed by atoms with Crippen LogP contribution in [0.2, 0.25) is 0 Å². The van der Waals surface area contributed by atoms with Crippen molar-refractivity contribution in [2.24, 2.45) is 0 Å². The number of carbonyl (C=O) groups is 1. The highest BCUT2D eigenvalue weighted by molar-refractivity contribution is 5.81. The minimum atomic E-state index is -0.162. The van der Waals surface area contributed by atoms with Gasteiger partial charge in [-0.05, 0) is 30.2 Å². The molecule has 1 aromatic heterocycles. The summed E-state index contributed by atoms with van der Waals surface area (Å²) in [5.41, 5.74) is 2.61. The van der Waals surface area contributed by atoms with Crippen molar-refractivity contribution >= 4 is 16.8 Å². The van der Waals surface area contributed by atoms with Crippen LogP contribution in [0.1, 0.15) is 18.1 Å². The largest absolute Gasteiger partial charge is 0.377 e. The number of rotatable bonds is 7. The lowest BCUT2D eigenvalue weighted by atomic mass is 10.1. The Morgan fingerprint density at radius 1 is 1.12 bits per heavy atom. The normalized spacial score (nSPS) is 10.8. The summed E-state index contributed by atoms with van der Waals surface area (Å²) in [6, 6.07) is 15.1. The summed E-state index contributed by atoms with van der Waals surface area (Å²) in [7, 11) is 0. The fourth-order valence-corrected chi connectivity index (χ4v) is 2.65. The average molecular weight is 351 g/mol. The zero-order chi connectivity index (χ0) is 18.4. The van der Waals surface area contributed by atoms with Gasteiger partial charge in [-0.3, -0.25) is 14.3 Å². The molecular weight excluding hydrogens is 330 g/mol. The Kier molecular flexibility index (Phi) is 5.76. The molecular formula is C20H21N3O3. The summed E-state index contributed by atoms with van der Waals surface area (Å²) >= 11 is 0. The lowest BCUT2D eigenvalue weighted by Crippen LogP contribution is -2.28. The van der Waals surface area contributed by atoms with Gasteiger partial charge in [0.2, 0.25) is 11.3 Å². The molecule has 2 aromatic carbocycles. The van der Waals surface area contributed by atoms with Crippen molar-refractivity contribution in [1.29, 1.82) is 0 Å². The van der Waals surface area contributed by atoms with Gasteiger partial charge in [-0.1, -0.05) is 36.4 Å². The van der Waals surface area contributed by atoms with Gasteiger partial charge in [-0.2, -0.15) is 5.10 Å². The van der Waals surface area contributed by atoms with Crippen LogP contribution in [0.4, 0.5) is 0 Å². The molecule has 0 saturated carbocycles. The Morgan fingerprint density at radius 2 is 1.85 bits per heavy atom. The third-order valence-electron chi connectivity index (χ3n) is 4.04. The molecule has 1 amide bonds. The topological polar surface area (TPSA) is 73.2 Å². The molecule has 26 heavy (non-hydrogen) atoms. The van der Waals surface area contributed by atoms with Gasteiger partial charge in [0.1, 0.15) is 6.54 Å². The molecule has 6 nitrogen and oxygen atoms in total. The number of para-hydroxylation sites is 1. The van der Waals surface area contributed by atoms with Crippen molar-refractivity contribution in [2.45, 2.75) is 26.6 Å². The number of carbonyl (C=O) groups excluding carboxylic acids is 1. The molecule has 0 unspecified atom stereocenters. The molecule has 0 saturated heterocycles. The van der Waals surface area contributed by atoms with Gasteiger partial charge in [0.15, 0.2) is 0 Å². The summed E-state index contributed by atoms with van der Waals surface area (Å²) < 4.78 is 6.90. The minimum absolute atomic E-state index is 0.0587. The summed E-state index contributed by atoms with van der Waals surface area (Å²) in [4.78, 5) is 24.1. The van der Waals surface area contributed by atoms with E-state index in [1.165, 1.54) is 10.9 Å². The standard InChI is InChI=1S/C20H21N3O3/c1-2-26-14-16-9-7-15(8-10-16)11-21-20(25)13-23-18-6-4-3-5-17(18)19(24)12-22-23/h3-10,12H,2,11,13-14H2,1H3,(H,21,25). The highest BCUT2D eigenvalue weighted by Gasteiger charge is 2.08. The van der Waals surface area contributed by atoms with Gasteiger partial charge >= 0.3 is 0 Å². The molecule has 0 radical (unpaired) electrons. The van der Waals surface area contributed by atoms with Crippen LogP contribution in [0.25, 0.3) is 10.9 Å². The maximum absolute atomic E-state index is 12.3. The van der Waals surface area contributed by atoms with Crippen LogP contribution in [-0.2, 0) is 29.2 Å². The van der Waals surface area contributed by atoms with Crippen molar-refractivity contribution in [3.8, 4) is 0 Å². The number of benzene rings is 2. The lowest BCUT2D eigenvalue weighted by molar-refractivity contribution is -0.121. The molecule has 0 fully saturated rings. The second-order valence-corrected chi connectivity index (χ2v) is 5.91. The molecule has 0 atom stereocenters. The van der Waals surface area contributed by atoms with Crippen molar-refractivity contribution in [2.75, 3.05) is 6.61 Å². The van der Waals surface area contributed by atoms with Crippen LogP contribution in [-0.4, -0.2) is 22.3 Å². The molecule has 6 heteroatoms. The summed E-state index contributed by atoms with van der Waals surface area (Å²) in [6.45, 7) is 3.74. The van der Waals surface area contributed by atoms with Gasteiger partial charge < -0.3 is 10.1 Å². The highest BCUT2D eigenvalue weighted by Crippen LogP contribution is 2.08. The third-order valence-corrected chi connectivity index (χ3v) is 4.04. The van der Waals surface area contributed by atoms with E-state index in [1.54, 1.807) is 18.2 Å². The molecule has 1 N–H and O–H groups in total. The molecule has 3 rings (SSSR count). The maximum Gasteiger partial charge on any atom is 0.242 e. The molecule has 0 aliphatic carbocycles. The number of nitrogens with one attached hydrogen (secondary N) is 1. The Bertz CT molecular complexity index is 948. The van der Waals surface area contributed by atoms with Gasteiger partial charge in [0.05, 0.1) is 18.3 Å². The lowest BCUT2D eigenvalue weighted by Gasteiger charge is -2.10. The molecule has 0 aliphatic heterocycles. The average Bonchev–Trinajstić information content (AvgIpc) is 2.68. The van der Waals surface area contributed by atoms with Gasteiger partial charge in [0, 0.05) is 18.5 Å². The second kappa shape index (κ2) is 8.40. The van der Waals surface area contributed by atoms with Crippen molar-refractivity contribution in [3.63, 3.8) is 0 Å². The van der Waals surface area contributed by atoms with E-state index in [0.717, 1.165) is 11.1 Å². The Morgan fingerprint density at radius 3 is 2.62 bits per heavy atom. The van der Waals surface area contributed by atoms with Crippen LogP contribution < -0.4 is 10.7 Å². The predicted molar refractivity (Wildman–Crippen MR) is 99.6 cm³/mol. The van der Waals surface area contributed by atoms with E-state index in [1.807, 2.05) is 37.3 Å². The Balaban J connectivity index is 1.61. The summed E-state index contributed by atoms with van der Waals surface area (Å²) in [6.07, 6.45) is 1.24. The predicted octanol–water partition coefficient (Wildman–Crippen LogP) is 2.25. The Hall–Kier alpha value is -2.99. The monoisotopic (exact) mass is 351 g/mol. The first-order valence-electron chi connectivity index (χ1n) is 8.54. The van der Waals surface area contributed by atoms with Gasteiger partial charge in [-0.15, -0.1) is 0 Å². The van der Waals surface area contributed by atoms with Crippen LogP contribution in [0, 0.1) is 0 Å². The van der Waals surface area contributed by atoms with Crippen molar-refractivity contribution < 1.29 is 9.53 Å². The van der Waals surface area contributed by atoms with Crippen LogP contribution in [0.3, 0.4) is 0 Å². The molecule has 3 aromatic rings. The molecule has 1 heterocycles. The maximum atomic E-state index is 12.3. The van der Waals surface area contributed by atoms with Crippen LogP contribution in [0.5, 0.6) is 0 Å². The van der Waals surface area contributed by atoms with Crippen LogP contribution in [0.15, 0.2) is 59.5 Å². The number of hydrogen-bond donors (Lipinski definition) is 1. The fourth-order valence-electron chi connectivity index (χ4n) is 2.65. The van der Waals surface area contributed by atoms with Gasteiger partial charge in [-0.25, -0.2) is 0 Å². The van der Waals surface area contributed by atoms with Crippen molar-refractivity contribution in [3.05, 3.63) is 76.1 Å². The number of nitrogens with zero attached hydrogens (tertiary/aromatic N) is 2. The highest BCUT2D eigenvalue weighted by atomic mass is 16.5. The third kappa shape index (κ3) is 4.34. The molecule has 0 bridgehead atoms. The Labute approximate surface area is 151 Å². The van der Waals surface area contributed by atoms with Crippen molar-refractivity contribution in [1.82, 2.24) is 15.1 Å². The number of fused-ring (bicyclic) bond motifs is 1. The summed E-state index contributed by atoms with van der Waals surface area (Å²) in [5.74, 6) is -0.162. The number of ether oxygens (including phenoxy) is 1. The fraction of sp³-hybridized carbons (Fsp3) is 0.250. The first kappa shape index (κ1) is 17.8. The van der Waals surface area contributed by atoms with E-state index in [2.05, 4.69) is 10.4 Å². The van der Waals surface area contributed by atoms with Crippen LogP contribution >= 0.6 is 0 Å². The number of aromatic nitrogens is 2. The molecule has 0 aliphatic rings. The van der Waals surface area contributed by atoms with Gasteiger partial charge in [0.25, 0.3) is 0 Å². The molecule has 134 valence electrons. The van der Waals surface area contributed by atoms with E-state index in [9.17, 15) is 9.59 Å². The zero-order valence-electron chi connectivity index (χ0n) is 14.6. The van der Waals surface area contributed by atoms with E-state index in [4.69, 9.17) is 4.74 Å². The van der Waals surface area contributed by atoms with E-state index in [-0.39, 0.29) is 17.9 Å². The van der Waals surface area contributed by atoms with E-state index < -0.39 is 0 Å². The number of hydrogen-bond acceptors (Lipinski definition) is 4. The quantitative estimate of drug-likeness (QED) is 0.709. The first-order chi connectivity index (χ1) is 12.7. The SMILES string of the molecule is CCOCc1ccc(CNC(=O)Cn2ncc(=O)c3ccccc32)cc1. The smallest absolute Gasteiger partial charge is 0.242 e. The second-order valence-electron chi connectivity index (χ2n) is 5.91. The zero-order valence-corrected chi connectivity index (χ0v) is 14.6. The summed E-state index contributed by atoms with van der Waals surface area (Å²) in [5, 5.41) is 7.51. The van der Waals surface area contributed by atoms with E-state index >= 15 is 0 Å². The first-order valence-corrected chi connectivity index (χ1v) is 8.54. The molecule has 0 spiro atoms.